The quantitative estimate of drug-likeness (QED) is 0.685. The fourth-order valence-electron chi connectivity index (χ4n) is 2.14. The second-order valence-corrected chi connectivity index (χ2v) is 5.78. The van der Waals surface area contributed by atoms with E-state index in [0.29, 0.717) is 0 Å². The van der Waals surface area contributed by atoms with Gasteiger partial charge in [-0.3, -0.25) is 0 Å². The molecule has 1 saturated carbocycles. The summed E-state index contributed by atoms with van der Waals surface area (Å²) in [5.41, 5.74) is 1.21. The van der Waals surface area contributed by atoms with Crippen molar-refractivity contribution in [3.63, 3.8) is 0 Å². The number of rotatable bonds is 9. The third-order valence-electron chi connectivity index (χ3n) is 3.54. The van der Waals surface area contributed by atoms with Gasteiger partial charge in [0, 0.05) is 18.2 Å². The Labute approximate surface area is 121 Å². The summed E-state index contributed by atoms with van der Waals surface area (Å²) in [5, 5.41) is 4.22. The highest BCUT2D eigenvalue weighted by atomic mass is 35.5. The summed E-state index contributed by atoms with van der Waals surface area (Å²) >= 11 is 5.94. The lowest BCUT2D eigenvalue weighted by atomic mass is 10.1. The van der Waals surface area contributed by atoms with Crippen LogP contribution in [0.1, 0.15) is 44.3 Å². The molecule has 1 aromatic rings. The fraction of sp³-hybridized carbons (Fsp3) is 0.625. The lowest BCUT2D eigenvalue weighted by Crippen LogP contribution is -2.24. The minimum Gasteiger partial charge on any atom is -0.372 e. The van der Waals surface area contributed by atoms with Crippen LogP contribution in [0, 0.1) is 5.92 Å². The predicted octanol–water partition coefficient (Wildman–Crippen LogP) is 4.20. The van der Waals surface area contributed by atoms with Gasteiger partial charge in [-0.1, -0.05) is 43.5 Å². The smallest absolute Gasteiger partial charge is 0.0949 e. The average molecular weight is 282 g/mol. The maximum absolute atomic E-state index is 6.06. The predicted molar refractivity (Wildman–Crippen MR) is 80.6 cm³/mol. The zero-order valence-electron chi connectivity index (χ0n) is 11.7. The van der Waals surface area contributed by atoms with Crippen LogP contribution in [0.3, 0.4) is 0 Å². The molecule has 1 aliphatic rings. The van der Waals surface area contributed by atoms with Gasteiger partial charge in [0.05, 0.1) is 6.10 Å². The zero-order chi connectivity index (χ0) is 13.5. The van der Waals surface area contributed by atoms with Crippen molar-refractivity contribution in [1.29, 1.82) is 0 Å². The largest absolute Gasteiger partial charge is 0.372 e. The molecule has 0 heterocycles. The van der Waals surface area contributed by atoms with E-state index in [1.807, 2.05) is 12.1 Å². The third kappa shape index (κ3) is 5.52. The van der Waals surface area contributed by atoms with Gasteiger partial charge in [0.1, 0.15) is 0 Å². The van der Waals surface area contributed by atoms with Gasteiger partial charge in [-0.15, -0.1) is 0 Å². The molecule has 2 rings (SSSR count). The highest BCUT2D eigenvalue weighted by Crippen LogP contribution is 2.32. The molecule has 0 bridgehead atoms. The van der Waals surface area contributed by atoms with Crippen LogP contribution in [-0.2, 0) is 4.74 Å². The van der Waals surface area contributed by atoms with Gasteiger partial charge >= 0.3 is 0 Å². The van der Waals surface area contributed by atoms with Gasteiger partial charge < -0.3 is 10.1 Å². The van der Waals surface area contributed by atoms with E-state index in [1.54, 1.807) is 0 Å². The molecule has 0 amide bonds. The molecule has 3 heteroatoms. The zero-order valence-corrected chi connectivity index (χ0v) is 12.5. The molecule has 0 saturated heterocycles. The van der Waals surface area contributed by atoms with E-state index in [0.717, 1.165) is 37.1 Å². The normalized spacial score (nSPS) is 16.5. The van der Waals surface area contributed by atoms with Gasteiger partial charge in [0.2, 0.25) is 0 Å². The number of ether oxygens (including phenoxy) is 1. The summed E-state index contributed by atoms with van der Waals surface area (Å²) in [6, 6.07) is 8.01. The van der Waals surface area contributed by atoms with Crippen molar-refractivity contribution in [2.75, 3.05) is 19.7 Å². The molecule has 0 aromatic heterocycles. The van der Waals surface area contributed by atoms with Gasteiger partial charge in [0.15, 0.2) is 0 Å². The van der Waals surface area contributed by atoms with Crippen molar-refractivity contribution >= 4 is 11.6 Å². The molecule has 1 fully saturated rings. The molecule has 1 unspecified atom stereocenters. The molecule has 0 spiro atoms. The Balaban J connectivity index is 1.85. The molecule has 1 aliphatic carbocycles. The van der Waals surface area contributed by atoms with Crippen LogP contribution in [0.25, 0.3) is 0 Å². The summed E-state index contributed by atoms with van der Waals surface area (Å²) in [4.78, 5) is 0. The summed E-state index contributed by atoms with van der Waals surface area (Å²) in [6.45, 7) is 4.96. The Hall–Kier alpha value is -0.570. The standard InChI is InChI=1S/C16H24ClNO/c1-2-10-18-12-16(19-11-9-13-3-4-13)14-5-7-15(17)8-6-14/h5-8,13,16,18H,2-4,9-12H2,1H3. The van der Waals surface area contributed by atoms with Crippen molar-refractivity contribution in [3.8, 4) is 0 Å². The average Bonchev–Trinajstić information content (AvgIpc) is 3.22. The molecular weight excluding hydrogens is 258 g/mol. The number of benzene rings is 1. The van der Waals surface area contributed by atoms with E-state index in [4.69, 9.17) is 16.3 Å². The molecule has 1 N–H and O–H groups in total. The lowest BCUT2D eigenvalue weighted by molar-refractivity contribution is 0.0487. The maximum atomic E-state index is 6.06. The second-order valence-electron chi connectivity index (χ2n) is 5.35. The van der Waals surface area contributed by atoms with Crippen LogP contribution in [0.5, 0.6) is 0 Å². The van der Waals surface area contributed by atoms with Crippen LogP contribution in [0.15, 0.2) is 24.3 Å². The summed E-state index contributed by atoms with van der Waals surface area (Å²) in [7, 11) is 0. The van der Waals surface area contributed by atoms with E-state index in [2.05, 4.69) is 24.4 Å². The Morgan fingerprint density at radius 1 is 1.32 bits per heavy atom. The minimum atomic E-state index is 0.141. The summed E-state index contributed by atoms with van der Waals surface area (Å²) < 4.78 is 6.06. The first-order valence-corrected chi connectivity index (χ1v) is 7.75. The van der Waals surface area contributed by atoms with Gasteiger partial charge in [-0.2, -0.15) is 0 Å². The molecule has 19 heavy (non-hydrogen) atoms. The Kier molecular flexibility index (Phi) is 6.15. The van der Waals surface area contributed by atoms with Gasteiger partial charge in [0.25, 0.3) is 0 Å². The van der Waals surface area contributed by atoms with E-state index in [-0.39, 0.29) is 6.10 Å². The van der Waals surface area contributed by atoms with Crippen molar-refractivity contribution in [2.24, 2.45) is 5.92 Å². The van der Waals surface area contributed by atoms with E-state index in [1.165, 1.54) is 24.8 Å². The van der Waals surface area contributed by atoms with Crippen molar-refractivity contribution in [2.45, 2.75) is 38.7 Å². The Bertz CT molecular complexity index is 362. The molecule has 0 radical (unpaired) electrons. The molecular formula is C16H24ClNO. The van der Waals surface area contributed by atoms with Gasteiger partial charge in [-0.25, -0.2) is 0 Å². The molecule has 0 aliphatic heterocycles. The number of hydrogen-bond acceptors (Lipinski definition) is 2. The van der Waals surface area contributed by atoms with E-state index in [9.17, 15) is 0 Å². The first-order valence-electron chi connectivity index (χ1n) is 7.37. The molecule has 1 atom stereocenters. The van der Waals surface area contributed by atoms with E-state index >= 15 is 0 Å². The van der Waals surface area contributed by atoms with Crippen LogP contribution in [-0.4, -0.2) is 19.7 Å². The van der Waals surface area contributed by atoms with Crippen molar-refractivity contribution in [1.82, 2.24) is 5.32 Å². The van der Waals surface area contributed by atoms with Crippen LogP contribution in [0.2, 0.25) is 5.02 Å². The highest BCUT2D eigenvalue weighted by molar-refractivity contribution is 6.30. The monoisotopic (exact) mass is 281 g/mol. The van der Waals surface area contributed by atoms with E-state index < -0.39 is 0 Å². The Morgan fingerprint density at radius 2 is 2.05 bits per heavy atom. The minimum absolute atomic E-state index is 0.141. The molecule has 2 nitrogen and oxygen atoms in total. The topological polar surface area (TPSA) is 21.3 Å². The van der Waals surface area contributed by atoms with Gasteiger partial charge in [-0.05, 0) is 43.0 Å². The number of hydrogen-bond donors (Lipinski definition) is 1. The fourth-order valence-corrected chi connectivity index (χ4v) is 2.27. The SMILES string of the molecule is CCCNCC(OCCC1CC1)c1ccc(Cl)cc1. The first kappa shape index (κ1) is 14.8. The lowest BCUT2D eigenvalue weighted by Gasteiger charge is -2.19. The van der Waals surface area contributed by atoms with Crippen LogP contribution < -0.4 is 5.32 Å². The summed E-state index contributed by atoms with van der Waals surface area (Å²) in [6.07, 6.45) is 5.28. The highest BCUT2D eigenvalue weighted by Gasteiger charge is 2.21. The maximum Gasteiger partial charge on any atom is 0.0949 e. The van der Waals surface area contributed by atoms with Crippen LogP contribution >= 0.6 is 11.6 Å². The van der Waals surface area contributed by atoms with Crippen molar-refractivity contribution < 1.29 is 4.74 Å². The summed E-state index contributed by atoms with van der Waals surface area (Å²) in [5.74, 6) is 0.925. The first-order chi connectivity index (χ1) is 9.29. The number of nitrogens with one attached hydrogen (secondary N) is 1. The Morgan fingerprint density at radius 3 is 2.68 bits per heavy atom. The second kappa shape index (κ2) is 7.88. The van der Waals surface area contributed by atoms with Crippen LogP contribution in [0.4, 0.5) is 0 Å². The third-order valence-corrected chi connectivity index (χ3v) is 3.79. The number of halogens is 1. The van der Waals surface area contributed by atoms with Crippen molar-refractivity contribution in [3.05, 3.63) is 34.9 Å². The molecule has 106 valence electrons. The molecule has 1 aromatic carbocycles.